The Balaban J connectivity index is 1.71. The monoisotopic (exact) mass is 435 g/mol. The standard InChI is InChI=1S/C21H20F3N3O4/c1-21(24)5-2-6-26-10-15(21)27-9-13(17(28)18(29)16(27)20(26)31)19(30)25-8-11-3-4-12(22)7-14(11)23/h3-4,7,9,15,29H,2,5-6,8,10H2,1H3,(H,25,30). The van der Waals surface area contributed by atoms with E-state index in [-0.39, 0.29) is 30.8 Å². The Bertz CT molecular complexity index is 1150. The van der Waals surface area contributed by atoms with Crippen molar-refractivity contribution in [2.24, 2.45) is 0 Å². The molecule has 0 saturated carbocycles. The first-order valence-electron chi connectivity index (χ1n) is 9.78. The number of pyridine rings is 1. The zero-order valence-electron chi connectivity index (χ0n) is 16.6. The number of rotatable bonds is 3. The molecule has 31 heavy (non-hydrogen) atoms. The first-order valence-corrected chi connectivity index (χ1v) is 9.78. The molecule has 2 aromatic rings. The first kappa shape index (κ1) is 21.0. The number of alkyl halides is 1. The Kier molecular flexibility index (Phi) is 5.03. The zero-order chi connectivity index (χ0) is 22.5. The molecule has 2 atom stereocenters. The molecule has 1 aromatic carbocycles. The molecule has 0 radical (unpaired) electrons. The predicted octanol–water partition coefficient (Wildman–Crippen LogP) is 2.28. The van der Waals surface area contributed by atoms with Crippen LogP contribution in [0.15, 0.2) is 29.2 Å². The topological polar surface area (TPSA) is 91.6 Å². The summed E-state index contributed by atoms with van der Waals surface area (Å²) < 4.78 is 43.3. The highest BCUT2D eigenvalue weighted by atomic mass is 19.1. The molecule has 164 valence electrons. The molecule has 0 aliphatic carbocycles. The summed E-state index contributed by atoms with van der Waals surface area (Å²) in [6.07, 6.45) is 1.65. The summed E-state index contributed by atoms with van der Waals surface area (Å²) in [7, 11) is 0. The van der Waals surface area contributed by atoms with E-state index in [9.17, 15) is 28.3 Å². The van der Waals surface area contributed by atoms with Crippen molar-refractivity contribution in [1.29, 1.82) is 0 Å². The smallest absolute Gasteiger partial charge is 0.274 e. The zero-order valence-corrected chi connectivity index (χ0v) is 16.6. The first-order chi connectivity index (χ1) is 14.6. The van der Waals surface area contributed by atoms with Gasteiger partial charge in [-0.2, -0.15) is 0 Å². The van der Waals surface area contributed by atoms with Crippen LogP contribution in [-0.2, 0) is 6.54 Å². The van der Waals surface area contributed by atoms with Gasteiger partial charge in [0.15, 0.2) is 11.4 Å². The van der Waals surface area contributed by atoms with E-state index >= 15 is 4.39 Å². The van der Waals surface area contributed by atoms with Crippen LogP contribution in [0.4, 0.5) is 13.2 Å². The number of nitrogens with zero attached hydrogens (tertiary/aromatic N) is 2. The molecule has 2 N–H and O–H groups in total. The molecule has 10 heteroatoms. The minimum atomic E-state index is -1.74. The van der Waals surface area contributed by atoms with Gasteiger partial charge in [-0.25, -0.2) is 13.2 Å². The number of hydrogen-bond donors (Lipinski definition) is 2. The van der Waals surface area contributed by atoms with Gasteiger partial charge in [0.05, 0.1) is 6.04 Å². The van der Waals surface area contributed by atoms with E-state index in [1.165, 1.54) is 11.8 Å². The Morgan fingerprint density at radius 2 is 2.06 bits per heavy atom. The van der Waals surface area contributed by atoms with Crippen molar-refractivity contribution in [3.63, 3.8) is 0 Å². The van der Waals surface area contributed by atoms with Crippen molar-refractivity contribution in [3.05, 3.63) is 63.1 Å². The van der Waals surface area contributed by atoms with Gasteiger partial charge in [0.1, 0.15) is 22.9 Å². The van der Waals surface area contributed by atoms with Gasteiger partial charge >= 0.3 is 0 Å². The second-order valence-electron chi connectivity index (χ2n) is 8.04. The second-order valence-corrected chi connectivity index (χ2v) is 8.04. The Labute approximate surface area is 175 Å². The second kappa shape index (κ2) is 7.44. The lowest BCUT2D eigenvalue weighted by Crippen LogP contribution is -2.48. The van der Waals surface area contributed by atoms with E-state index in [1.54, 1.807) is 0 Å². The molecule has 2 aliphatic rings. The maximum Gasteiger partial charge on any atom is 0.274 e. The van der Waals surface area contributed by atoms with Crippen LogP contribution in [0.3, 0.4) is 0 Å². The van der Waals surface area contributed by atoms with Gasteiger partial charge in [0, 0.05) is 37.5 Å². The van der Waals surface area contributed by atoms with Crippen molar-refractivity contribution in [2.75, 3.05) is 13.1 Å². The van der Waals surface area contributed by atoms with Crippen molar-refractivity contribution in [3.8, 4) is 5.75 Å². The molecular formula is C21H20F3N3O4. The van der Waals surface area contributed by atoms with Crippen molar-refractivity contribution in [1.82, 2.24) is 14.8 Å². The molecule has 1 saturated heterocycles. The number of aromatic nitrogens is 1. The van der Waals surface area contributed by atoms with Crippen molar-refractivity contribution in [2.45, 2.75) is 38.0 Å². The number of amides is 2. The summed E-state index contributed by atoms with van der Waals surface area (Å²) in [5.41, 5.74) is -3.70. The predicted molar refractivity (Wildman–Crippen MR) is 104 cm³/mol. The molecule has 2 bridgehead atoms. The molecule has 2 amide bonds. The van der Waals surface area contributed by atoms with Crippen LogP contribution in [0.25, 0.3) is 0 Å². The van der Waals surface area contributed by atoms with Crippen LogP contribution in [0, 0.1) is 11.6 Å². The highest BCUT2D eigenvalue weighted by Crippen LogP contribution is 2.40. The van der Waals surface area contributed by atoms with E-state index in [0.717, 1.165) is 22.9 Å². The number of carbonyl (C=O) groups excluding carboxylic acids is 2. The number of hydrogen-bond acceptors (Lipinski definition) is 4. The fraction of sp³-hybridized carbons (Fsp3) is 0.381. The third-order valence-corrected chi connectivity index (χ3v) is 5.92. The van der Waals surface area contributed by atoms with E-state index in [0.29, 0.717) is 19.0 Å². The van der Waals surface area contributed by atoms with E-state index in [1.807, 2.05) is 0 Å². The third kappa shape index (κ3) is 3.55. The van der Waals surface area contributed by atoms with E-state index in [4.69, 9.17) is 0 Å². The number of benzene rings is 1. The highest BCUT2D eigenvalue weighted by Gasteiger charge is 2.46. The summed E-state index contributed by atoms with van der Waals surface area (Å²) >= 11 is 0. The van der Waals surface area contributed by atoms with Crippen LogP contribution in [0.1, 0.15) is 52.2 Å². The molecule has 7 nitrogen and oxygen atoms in total. The van der Waals surface area contributed by atoms with Gasteiger partial charge in [-0.3, -0.25) is 14.4 Å². The van der Waals surface area contributed by atoms with Crippen LogP contribution < -0.4 is 10.7 Å². The summed E-state index contributed by atoms with van der Waals surface area (Å²) in [6, 6.07) is 1.94. The minimum Gasteiger partial charge on any atom is -0.503 e. The fourth-order valence-corrected chi connectivity index (χ4v) is 4.16. The summed E-state index contributed by atoms with van der Waals surface area (Å²) in [5.74, 6) is -4.13. The SMILES string of the molecule is CC1(F)CCCN2CC1n1cc(C(=O)NCc3ccc(F)cc3F)c(=O)c(O)c1C2=O. The summed E-state index contributed by atoms with van der Waals surface area (Å²) in [6.45, 7) is 1.38. The van der Waals surface area contributed by atoms with Crippen molar-refractivity contribution >= 4 is 11.8 Å². The molecule has 1 fully saturated rings. The fourth-order valence-electron chi connectivity index (χ4n) is 4.16. The van der Waals surface area contributed by atoms with Gasteiger partial charge < -0.3 is 19.9 Å². The Morgan fingerprint density at radius 1 is 1.32 bits per heavy atom. The van der Waals surface area contributed by atoms with Crippen LogP contribution in [0.2, 0.25) is 0 Å². The third-order valence-electron chi connectivity index (χ3n) is 5.92. The lowest BCUT2D eigenvalue weighted by molar-refractivity contribution is 0.0520. The van der Waals surface area contributed by atoms with Gasteiger partial charge in [0.25, 0.3) is 11.8 Å². The average molecular weight is 435 g/mol. The van der Waals surface area contributed by atoms with Gasteiger partial charge in [-0.1, -0.05) is 6.07 Å². The van der Waals surface area contributed by atoms with Gasteiger partial charge in [0.2, 0.25) is 5.43 Å². The Hall–Kier alpha value is -3.30. The van der Waals surface area contributed by atoms with Gasteiger partial charge in [-0.15, -0.1) is 0 Å². The number of aromatic hydroxyl groups is 1. The maximum absolute atomic E-state index is 15.3. The number of halogens is 3. The number of fused-ring (bicyclic) bond motifs is 4. The minimum absolute atomic E-state index is 0.0112. The van der Waals surface area contributed by atoms with E-state index in [2.05, 4.69) is 5.32 Å². The van der Waals surface area contributed by atoms with E-state index < -0.39 is 51.9 Å². The molecule has 4 rings (SSSR count). The molecule has 2 aliphatic heterocycles. The molecule has 1 aromatic heterocycles. The normalized spacial score (nSPS) is 22.6. The van der Waals surface area contributed by atoms with Crippen LogP contribution >= 0.6 is 0 Å². The van der Waals surface area contributed by atoms with Crippen molar-refractivity contribution < 1.29 is 27.9 Å². The Morgan fingerprint density at radius 3 is 2.77 bits per heavy atom. The molecule has 0 spiro atoms. The van der Waals surface area contributed by atoms with Crippen LogP contribution in [0.5, 0.6) is 5.75 Å². The maximum atomic E-state index is 15.3. The summed E-state index contributed by atoms with van der Waals surface area (Å²) in [4.78, 5) is 39.3. The largest absolute Gasteiger partial charge is 0.503 e. The molecule has 3 heterocycles. The number of nitrogens with one attached hydrogen (secondary N) is 1. The average Bonchev–Trinajstić information content (AvgIpc) is 2.84. The lowest BCUT2D eigenvalue weighted by Gasteiger charge is -2.38. The lowest BCUT2D eigenvalue weighted by atomic mass is 9.92. The molecular weight excluding hydrogens is 415 g/mol. The highest BCUT2D eigenvalue weighted by molar-refractivity contribution is 5.99. The summed E-state index contributed by atoms with van der Waals surface area (Å²) in [5, 5.41) is 12.8. The quantitative estimate of drug-likeness (QED) is 0.774. The number of carbonyl (C=O) groups is 2. The van der Waals surface area contributed by atoms with Crippen LogP contribution in [-0.4, -0.2) is 45.1 Å². The van der Waals surface area contributed by atoms with Gasteiger partial charge in [-0.05, 0) is 25.8 Å². The molecule has 2 unspecified atom stereocenters.